The van der Waals surface area contributed by atoms with Crippen LogP contribution >= 0.6 is 0 Å². The molecule has 2 aromatic heterocycles. The van der Waals surface area contributed by atoms with Crippen LogP contribution in [0.15, 0.2) is 73.3 Å². The molecule has 0 saturated heterocycles. The van der Waals surface area contributed by atoms with E-state index < -0.39 is 0 Å². The number of nitrogens with zero attached hydrogens (tertiary/aromatic N) is 3. The van der Waals surface area contributed by atoms with Gasteiger partial charge >= 0.3 is 0 Å². The Bertz CT molecular complexity index is 1050. The van der Waals surface area contributed by atoms with E-state index in [0.29, 0.717) is 5.56 Å². The van der Waals surface area contributed by atoms with Crippen LogP contribution in [0.2, 0.25) is 0 Å². The summed E-state index contributed by atoms with van der Waals surface area (Å²) in [6.45, 7) is 1.57. The SMILES string of the molecule is CC(=O)c1cccc(Nc2cc(-n3ccnc3)nc3ccccc23)c1. The van der Waals surface area contributed by atoms with Crippen molar-refractivity contribution in [2.75, 3.05) is 5.32 Å². The smallest absolute Gasteiger partial charge is 0.159 e. The van der Waals surface area contributed by atoms with E-state index in [4.69, 9.17) is 4.98 Å². The normalized spacial score (nSPS) is 10.8. The van der Waals surface area contributed by atoms with Crippen molar-refractivity contribution in [2.45, 2.75) is 6.92 Å². The highest BCUT2D eigenvalue weighted by molar-refractivity contribution is 5.97. The van der Waals surface area contributed by atoms with Gasteiger partial charge in [-0.05, 0) is 25.1 Å². The standard InChI is InChI=1S/C20H16N4O/c1-14(25)15-5-4-6-16(11-15)22-19-12-20(24-10-9-21-13-24)23-18-8-3-2-7-17(18)19/h2-13H,1H3,(H,22,23). The number of aromatic nitrogens is 3. The molecule has 0 aliphatic heterocycles. The van der Waals surface area contributed by atoms with Gasteiger partial charge < -0.3 is 5.32 Å². The third-order valence-electron chi connectivity index (χ3n) is 4.02. The molecule has 0 fully saturated rings. The van der Waals surface area contributed by atoms with Gasteiger partial charge in [-0.3, -0.25) is 9.36 Å². The molecular formula is C20H16N4O. The highest BCUT2D eigenvalue weighted by Gasteiger charge is 2.08. The number of benzene rings is 2. The van der Waals surface area contributed by atoms with E-state index in [0.717, 1.165) is 28.1 Å². The second-order valence-corrected chi connectivity index (χ2v) is 5.78. The molecule has 0 aliphatic rings. The number of carbonyl (C=O) groups is 1. The van der Waals surface area contributed by atoms with Gasteiger partial charge in [0.1, 0.15) is 12.1 Å². The van der Waals surface area contributed by atoms with Crippen molar-refractivity contribution in [1.82, 2.24) is 14.5 Å². The predicted octanol–water partition coefficient (Wildman–Crippen LogP) is 4.37. The fourth-order valence-corrected chi connectivity index (χ4v) is 2.76. The molecule has 0 unspecified atom stereocenters. The molecule has 4 rings (SSSR count). The summed E-state index contributed by atoms with van der Waals surface area (Å²) in [5, 5.41) is 4.43. The van der Waals surface area contributed by atoms with Crippen molar-refractivity contribution in [3.05, 3.63) is 78.9 Å². The molecule has 1 N–H and O–H groups in total. The van der Waals surface area contributed by atoms with Crippen molar-refractivity contribution in [3.63, 3.8) is 0 Å². The first-order chi connectivity index (χ1) is 12.2. The number of anilines is 2. The molecule has 4 aromatic rings. The summed E-state index contributed by atoms with van der Waals surface area (Å²) in [6, 6.07) is 17.4. The van der Waals surface area contributed by atoms with Crippen LogP contribution in [0.3, 0.4) is 0 Å². The first-order valence-electron chi connectivity index (χ1n) is 7.97. The number of carbonyl (C=O) groups excluding carboxylic acids is 1. The number of hydrogen-bond donors (Lipinski definition) is 1. The maximum atomic E-state index is 11.6. The van der Waals surface area contributed by atoms with Gasteiger partial charge in [-0.2, -0.15) is 0 Å². The minimum atomic E-state index is 0.0438. The fourth-order valence-electron chi connectivity index (χ4n) is 2.76. The van der Waals surface area contributed by atoms with Crippen molar-refractivity contribution in [3.8, 4) is 5.82 Å². The van der Waals surface area contributed by atoms with E-state index in [9.17, 15) is 4.79 Å². The van der Waals surface area contributed by atoms with Crippen LogP contribution in [0.4, 0.5) is 11.4 Å². The van der Waals surface area contributed by atoms with E-state index in [1.165, 1.54) is 0 Å². The van der Waals surface area contributed by atoms with E-state index >= 15 is 0 Å². The van der Waals surface area contributed by atoms with Crippen LogP contribution in [-0.2, 0) is 0 Å². The van der Waals surface area contributed by atoms with Gasteiger partial charge in [-0.15, -0.1) is 0 Å². The zero-order valence-electron chi connectivity index (χ0n) is 13.7. The number of ketones is 1. The van der Waals surface area contributed by atoms with Crippen LogP contribution in [0.5, 0.6) is 0 Å². The van der Waals surface area contributed by atoms with Crippen LogP contribution in [-0.4, -0.2) is 20.3 Å². The molecule has 0 saturated carbocycles. The second kappa shape index (κ2) is 6.20. The third-order valence-corrected chi connectivity index (χ3v) is 4.02. The molecule has 0 spiro atoms. The maximum Gasteiger partial charge on any atom is 0.159 e. The van der Waals surface area contributed by atoms with Crippen LogP contribution < -0.4 is 5.32 Å². The minimum Gasteiger partial charge on any atom is -0.355 e. The molecule has 25 heavy (non-hydrogen) atoms. The molecule has 2 aromatic carbocycles. The van der Waals surface area contributed by atoms with E-state index in [-0.39, 0.29) is 5.78 Å². The number of hydrogen-bond acceptors (Lipinski definition) is 4. The summed E-state index contributed by atoms with van der Waals surface area (Å²) in [4.78, 5) is 20.4. The van der Waals surface area contributed by atoms with Crippen LogP contribution in [0.25, 0.3) is 16.7 Å². The van der Waals surface area contributed by atoms with Crippen molar-refractivity contribution >= 4 is 28.1 Å². The molecular weight excluding hydrogens is 312 g/mol. The van der Waals surface area contributed by atoms with Gasteiger partial charge in [-0.1, -0.05) is 30.3 Å². The minimum absolute atomic E-state index is 0.0438. The zero-order valence-corrected chi connectivity index (χ0v) is 13.7. The van der Waals surface area contributed by atoms with Crippen molar-refractivity contribution in [1.29, 1.82) is 0 Å². The summed E-state index contributed by atoms with van der Waals surface area (Å²) in [5.74, 6) is 0.823. The molecule has 0 amide bonds. The highest BCUT2D eigenvalue weighted by atomic mass is 16.1. The van der Waals surface area contributed by atoms with E-state index in [1.807, 2.05) is 65.4 Å². The van der Waals surface area contributed by atoms with Gasteiger partial charge in [0.05, 0.1) is 11.2 Å². The van der Waals surface area contributed by atoms with Gasteiger partial charge in [0.2, 0.25) is 0 Å². The number of nitrogens with one attached hydrogen (secondary N) is 1. The second-order valence-electron chi connectivity index (χ2n) is 5.78. The molecule has 0 atom stereocenters. The van der Waals surface area contributed by atoms with Crippen molar-refractivity contribution < 1.29 is 4.79 Å². The fraction of sp³-hybridized carbons (Fsp3) is 0.0500. The number of para-hydroxylation sites is 1. The average molecular weight is 328 g/mol. The summed E-state index contributed by atoms with van der Waals surface area (Å²) < 4.78 is 1.86. The molecule has 5 heteroatoms. The summed E-state index contributed by atoms with van der Waals surface area (Å²) in [7, 11) is 0. The molecule has 0 aliphatic carbocycles. The zero-order chi connectivity index (χ0) is 17.2. The Labute approximate surface area is 145 Å². The summed E-state index contributed by atoms with van der Waals surface area (Å²) >= 11 is 0. The number of rotatable bonds is 4. The Kier molecular flexibility index (Phi) is 3.74. The molecule has 5 nitrogen and oxygen atoms in total. The Balaban J connectivity index is 1.83. The predicted molar refractivity (Wildman–Crippen MR) is 98.6 cm³/mol. The lowest BCUT2D eigenvalue weighted by Gasteiger charge is -2.13. The lowest BCUT2D eigenvalue weighted by Crippen LogP contribution is -2.00. The largest absolute Gasteiger partial charge is 0.355 e. The Morgan fingerprint density at radius 2 is 1.96 bits per heavy atom. The van der Waals surface area contributed by atoms with E-state index in [1.54, 1.807) is 19.4 Å². The van der Waals surface area contributed by atoms with Gasteiger partial charge in [-0.25, -0.2) is 9.97 Å². The van der Waals surface area contributed by atoms with Gasteiger partial charge in [0, 0.05) is 35.1 Å². The number of Topliss-reactive ketones (excluding diaryl/α,β-unsaturated/α-hetero) is 1. The number of fused-ring (bicyclic) bond motifs is 1. The lowest BCUT2D eigenvalue weighted by atomic mass is 10.1. The first-order valence-corrected chi connectivity index (χ1v) is 7.97. The Morgan fingerprint density at radius 3 is 2.76 bits per heavy atom. The Hall–Kier alpha value is -3.47. The highest BCUT2D eigenvalue weighted by Crippen LogP contribution is 2.28. The first kappa shape index (κ1) is 15.1. The van der Waals surface area contributed by atoms with Crippen molar-refractivity contribution in [2.24, 2.45) is 0 Å². The lowest BCUT2D eigenvalue weighted by molar-refractivity contribution is 0.101. The van der Waals surface area contributed by atoms with Gasteiger partial charge in [0.15, 0.2) is 5.78 Å². The summed E-state index contributed by atoms with van der Waals surface area (Å²) in [5.41, 5.74) is 3.35. The summed E-state index contributed by atoms with van der Waals surface area (Å²) in [6.07, 6.45) is 5.30. The Morgan fingerprint density at radius 1 is 1.08 bits per heavy atom. The van der Waals surface area contributed by atoms with Crippen LogP contribution in [0.1, 0.15) is 17.3 Å². The van der Waals surface area contributed by atoms with E-state index in [2.05, 4.69) is 10.3 Å². The maximum absolute atomic E-state index is 11.6. The molecule has 122 valence electrons. The average Bonchev–Trinajstić information content (AvgIpc) is 3.16. The molecule has 2 heterocycles. The van der Waals surface area contributed by atoms with Gasteiger partial charge in [0.25, 0.3) is 0 Å². The topological polar surface area (TPSA) is 59.8 Å². The number of pyridine rings is 1. The quantitative estimate of drug-likeness (QED) is 0.565. The van der Waals surface area contributed by atoms with Crippen LogP contribution in [0, 0.1) is 0 Å². The third kappa shape index (κ3) is 2.99. The molecule has 0 bridgehead atoms. The monoisotopic (exact) mass is 328 g/mol. The number of imidazole rings is 1. The molecule has 0 radical (unpaired) electrons.